The van der Waals surface area contributed by atoms with Gasteiger partial charge in [-0.15, -0.1) is 0 Å². The number of aromatic nitrogens is 2. The number of anilines is 1. The lowest BCUT2D eigenvalue weighted by Crippen LogP contribution is -2.12. The Labute approximate surface area is 134 Å². The maximum Gasteiger partial charge on any atom is 0.301 e. The number of amides is 1. The van der Waals surface area contributed by atoms with Gasteiger partial charge < -0.3 is 9.15 Å². The fourth-order valence-corrected chi connectivity index (χ4v) is 1.84. The summed E-state index contributed by atoms with van der Waals surface area (Å²) in [5, 5.41) is 2.46. The third kappa shape index (κ3) is 3.64. The molecule has 0 aliphatic heterocycles. The lowest BCUT2D eigenvalue weighted by molar-refractivity contribution is 0.102. The average Bonchev–Trinajstić information content (AvgIpc) is 3.04. The topological polar surface area (TPSA) is 77.3 Å². The summed E-state index contributed by atoms with van der Waals surface area (Å²) in [5.41, 5.74) is 0.280. The van der Waals surface area contributed by atoms with E-state index in [9.17, 15) is 9.18 Å². The molecule has 3 rings (SSSR count). The van der Waals surface area contributed by atoms with Crippen LogP contribution in [0.5, 0.6) is 11.6 Å². The fraction of sp³-hybridized carbons (Fsp3) is 0. The summed E-state index contributed by atoms with van der Waals surface area (Å²) >= 11 is 5.60. The van der Waals surface area contributed by atoms with E-state index in [2.05, 4.69) is 15.3 Å². The number of oxazole rings is 1. The van der Waals surface area contributed by atoms with E-state index < -0.39 is 11.7 Å². The lowest BCUT2D eigenvalue weighted by atomic mass is 10.2. The van der Waals surface area contributed by atoms with E-state index in [1.54, 1.807) is 0 Å². The summed E-state index contributed by atoms with van der Waals surface area (Å²) in [6.07, 6.45) is 4.14. The van der Waals surface area contributed by atoms with Crippen molar-refractivity contribution < 1.29 is 18.3 Å². The predicted molar refractivity (Wildman–Crippen MR) is 80.2 cm³/mol. The molecule has 0 spiro atoms. The van der Waals surface area contributed by atoms with Crippen LogP contribution < -0.4 is 10.1 Å². The van der Waals surface area contributed by atoms with Crippen molar-refractivity contribution in [3.05, 3.63) is 65.4 Å². The summed E-state index contributed by atoms with van der Waals surface area (Å²) in [6.45, 7) is 0. The molecule has 0 saturated carbocycles. The Kier molecular flexibility index (Phi) is 4.20. The van der Waals surface area contributed by atoms with E-state index in [4.69, 9.17) is 20.8 Å². The van der Waals surface area contributed by atoms with Crippen molar-refractivity contribution in [1.82, 2.24) is 9.97 Å². The number of pyridine rings is 1. The van der Waals surface area contributed by atoms with E-state index in [0.29, 0.717) is 0 Å². The first-order valence-corrected chi connectivity index (χ1v) is 6.79. The second-order valence-corrected chi connectivity index (χ2v) is 4.76. The first kappa shape index (κ1) is 15.0. The first-order chi connectivity index (χ1) is 11.1. The van der Waals surface area contributed by atoms with E-state index in [0.717, 1.165) is 6.07 Å². The van der Waals surface area contributed by atoms with Crippen molar-refractivity contribution in [2.45, 2.75) is 0 Å². The Morgan fingerprint density at radius 3 is 2.83 bits per heavy atom. The van der Waals surface area contributed by atoms with Gasteiger partial charge in [0.15, 0.2) is 0 Å². The van der Waals surface area contributed by atoms with Gasteiger partial charge in [-0.3, -0.25) is 10.1 Å². The molecular formula is C15H9ClFN3O3. The monoisotopic (exact) mass is 333 g/mol. The summed E-state index contributed by atoms with van der Waals surface area (Å²) in [7, 11) is 0. The minimum atomic E-state index is -0.609. The number of carbonyl (C=O) groups excluding carboxylic acids is 1. The highest BCUT2D eigenvalue weighted by atomic mass is 35.5. The minimum Gasteiger partial charge on any atom is -0.439 e. The van der Waals surface area contributed by atoms with Crippen LogP contribution in [0, 0.1) is 5.82 Å². The van der Waals surface area contributed by atoms with Gasteiger partial charge in [0.25, 0.3) is 5.91 Å². The smallest absolute Gasteiger partial charge is 0.301 e. The van der Waals surface area contributed by atoms with Gasteiger partial charge in [0.2, 0.25) is 5.88 Å². The van der Waals surface area contributed by atoms with Gasteiger partial charge in [0.1, 0.15) is 17.8 Å². The fourth-order valence-electron chi connectivity index (χ4n) is 1.72. The number of benzene rings is 1. The summed E-state index contributed by atoms with van der Waals surface area (Å²) in [5.74, 6) is -0.708. The maximum absolute atomic E-state index is 13.4. The molecule has 1 aromatic carbocycles. The van der Waals surface area contributed by atoms with Gasteiger partial charge >= 0.3 is 6.01 Å². The molecule has 8 heteroatoms. The zero-order valence-electron chi connectivity index (χ0n) is 11.5. The van der Waals surface area contributed by atoms with Crippen molar-refractivity contribution in [2.75, 3.05) is 5.32 Å². The van der Waals surface area contributed by atoms with Crippen LogP contribution in [-0.2, 0) is 0 Å². The zero-order valence-corrected chi connectivity index (χ0v) is 12.2. The van der Waals surface area contributed by atoms with Crippen LogP contribution in [0.15, 0.2) is 53.4 Å². The molecule has 6 nitrogen and oxygen atoms in total. The highest BCUT2D eigenvalue weighted by molar-refractivity contribution is 6.30. The maximum atomic E-state index is 13.4. The second-order valence-electron chi connectivity index (χ2n) is 4.35. The van der Waals surface area contributed by atoms with Crippen LogP contribution in [0.3, 0.4) is 0 Å². The predicted octanol–water partition coefficient (Wildman–Crippen LogP) is 3.91. The number of hydrogen-bond donors (Lipinski definition) is 1. The average molecular weight is 334 g/mol. The molecule has 0 unspecified atom stereocenters. The number of nitrogens with one attached hydrogen (secondary N) is 1. The minimum absolute atomic E-state index is 0.00983. The zero-order chi connectivity index (χ0) is 16.2. The van der Waals surface area contributed by atoms with Crippen LogP contribution in [0.4, 0.5) is 10.4 Å². The number of rotatable bonds is 4. The van der Waals surface area contributed by atoms with E-state index in [1.165, 1.54) is 42.9 Å². The molecule has 23 heavy (non-hydrogen) atoms. The third-order valence-electron chi connectivity index (χ3n) is 2.76. The quantitative estimate of drug-likeness (QED) is 0.783. The van der Waals surface area contributed by atoms with E-state index >= 15 is 0 Å². The van der Waals surface area contributed by atoms with Crippen molar-refractivity contribution >= 4 is 23.5 Å². The van der Waals surface area contributed by atoms with Gasteiger partial charge in [-0.2, -0.15) is 0 Å². The largest absolute Gasteiger partial charge is 0.439 e. The first-order valence-electron chi connectivity index (χ1n) is 6.41. The van der Waals surface area contributed by atoms with Gasteiger partial charge in [-0.1, -0.05) is 11.6 Å². The SMILES string of the molecule is O=C(Nc1ncco1)c1ccnc(Oc2ccc(Cl)c(F)c2)c1. The molecule has 0 fully saturated rings. The normalized spacial score (nSPS) is 10.3. The summed E-state index contributed by atoms with van der Waals surface area (Å²) < 4.78 is 23.7. The van der Waals surface area contributed by atoms with Gasteiger partial charge in [0.05, 0.1) is 11.2 Å². The summed E-state index contributed by atoms with van der Waals surface area (Å²) in [4.78, 5) is 19.8. The Morgan fingerprint density at radius 2 is 2.09 bits per heavy atom. The third-order valence-corrected chi connectivity index (χ3v) is 3.07. The standard InChI is InChI=1S/C15H9ClFN3O3/c16-11-2-1-10(8-12(11)17)23-13-7-9(3-4-18-13)14(21)20-15-19-5-6-22-15/h1-8H,(H,19,20,21). The molecule has 1 amide bonds. The van der Waals surface area contributed by atoms with Crippen LogP contribution in [0.25, 0.3) is 0 Å². The van der Waals surface area contributed by atoms with E-state index in [1.807, 2.05) is 0 Å². The number of carbonyl (C=O) groups is 1. The molecule has 0 aliphatic carbocycles. The number of ether oxygens (including phenoxy) is 1. The molecule has 116 valence electrons. The molecule has 2 aromatic heterocycles. The van der Waals surface area contributed by atoms with Gasteiger partial charge in [0, 0.05) is 23.9 Å². The highest BCUT2D eigenvalue weighted by Crippen LogP contribution is 2.24. The number of halogens is 2. The van der Waals surface area contributed by atoms with Crippen LogP contribution in [0.2, 0.25) is 5.02 Å². The highest BCUT2D eigenvalue weighted by Gasteiger charge is 2.11. The molecule has 0 radical (unpaired) electrons. The molecule has 3 aromatic rings. The van der Waals surface area contributed by atoms with Crippen LogP contribution >= 0.6 is 11.6 Å². The van der Waals surface area contributed by atoms with Crippen LogP contribution in [-0.4, -0.2) is 15.9 Å². The second kappa shape index (κ2) is 6.45. The summed E-state index contributed by atoms with van der Waals surface area (Å²) in [6, 6.07) is 6.97. The van der Waals surface area contributed by atoms with E-state index in [-0.39, 0.29) is 28.2 Å². The molecular weight excluding hydrogens is 325 g/mol. The molecule has 2 heterocycles. The Morgan fingerprint density at radius 1 is 1.22 bits per heavy atom. The molecule has 1 N–H and O–H groups in total. The number of hydrogen-bond acceptors (Lipinski definition) is 5. The lowest BCUT2D eigenvalue weighted by Gasteiger charge is -2.07. The Bertz CT molecular complexity index is 840. The van der Waals surface area contributed by atoms with Crippen molar-refractivity contribution in [3.8, 4) is 11.6 Å². The molecule has 0 saturated heterocycles. The molecule has 0 atom stereocenters. The van der Waals surface area contributed by atoms with Gasteiger partial charge in [-0.25, -0.2) is 14.4 Å². The number of nitrogens with zero attached hydrogens (tertiary/aromatic N) is 2. The van der Waals surface area contributed by atoms with Gasteiger partial charge in [-0.05, 0) is 18.2 Å². The van der Waals surface area contributed by atoms with Crippen LogP contribution in [0.1, 0.15) is 10.4 Å². The molecule has 0 bridgehead atoms. The Hall–Kier alpha value is -2.93. The Balaban J connectivity index is 1.76. The molecule has 0 aliphatic rings. The van der Waals surface area contributed by atoms with Crippen molar-refractivity contribution in [2.24, 2.45) is 0 Å². The van der Waals surface area contributed by atoms with Crippen molar-refractivity contribution in [3.63, 3.8) is 0 Å². The van der Waals surface area contributed by atoms with Crippen molar-refractivity contribution in [1.29, 1.82) is 0 Å².